The first-order valence-electron chi connectivity index (χ1n) is 14.3. The van der Waals surface area contributed by atoms with Crippen LogP contribution in [-0.2, 0) is 19.1 Å². The Hall–Kier alpha value is -1.74. The lowest BCUT2D eigenvalue weighted by atomic mass is 9.99. The maximum atomic E-state index is 13.2. The van der Waals surface area contributed by atoms with Gasteiger partial charge in [0.15, 0.2) is 0 Å². The van der Waals surface area contributed by atoms with E-state index in [-0.39, 0.29) is 36.0 Å². The molecule has 0 aromatic heterocycles. The zero-order chi connectivity index (χ0) is 27.2. The highest BCUT2D eigenvalue weighted by atomic mass is 16.5. The number of hydrogen-bond acceptors (Lipinski definition) is 6. The Morgan fingerprint density at radius 3 is 1.57 bits per heavy atom. The van der Waals surface area contributed by atoms with E-state index in [1.165, 1.54) is 0 Å². The number of hydrogen-bond donors (Lipinski definition) is 0. The largest absolute Gasteiger partial charge is 0.383 e. The maximum Gasteiger partial charge on any atom is 0.236 e. The molecule has 0 radical (unpaired) electrons. The molecule has 0 spiro atoms. The zero-order valence-corrected chi connectivity index (χ0v) is 23.9. The summed E-state index contributed by atoms with van der Waals surface area (Å²) in [6.45, 7) is 14.9. The van der Waals surface area contributed by atoms with Crippen molar-refractivity contribution in [3.63, 3.8) is 0 Å². The Balaban J connectivity index is 2.19. The van der Waals surface area contributed by atoms with Gasteiger partial charge in [-0.2, -0.15) is 0 Å². The first-order chi connectivity index (χ1) is 18.0. The predicted molar refractivity (Wildman–Crippen MR) is 149 cm³/mol. The summed E-state index contributed by atoms with van der Waals surface area (Å²) in [6, 6.07) is 0.559. The second-order valence-corrected chi connectivity index (χ2v) is 10.3. The Bertz CT molecular complexity index is 660. The SMILES string of the molecule is C=CC[C@H](CCC[C@@H](CC=C)N(C(=O)CC)N1CCC[C@H]1COC)N(C(=O)CC)N1CCC[C@H]1COC. The summed E-state index contributed by atoms with van der Waals surface area (Å²) in [4.78, 5) is 26.4. The summed E-state index contributed by atoms with van der Waals surface area (Å²) in [5.74, 6) is 0.305. The molecular formula is C29H52N4O4. The van der Waals surface area contributed by atoms with Crippen LogP contribution in [-0.4, -0.2) is 96.5 Å². The van der Waals surface area contributed by atoms with Crippen molar-refractivity contribution in [2.45, 2.75) is 109 Å². The lowest BCUT2D eigenvalue weighted by molar-refractivity contribution is -0.161. The molecule has 0 bridgehead atoms. The van der Waals surface area contributed by atoms with Gasteiger partial charge in [0.25, 0.3) is 0 Å². The Kier molecular flexibility index (Phi) is 14.4. The van der Waals surface area contributed by atoms with Crippen molar-refractivity contribution >= 4 is 11.8 Å². The van der Waals surface area contributed by atoms with E-state index in [9.17, 15) is 9.59 Å². The van der Waals surface area contributed by atoms with Crippen LogP contribution in [0.2, 0.25) is 0 Å². The van der Waals surface area contributed by atoms with Crippen LogP contribution >= 0.6 is 0 Å². The van der Waals surface area contributed by atoms with Gasteiger partial charge in [0, 0.05) is 40.2 Å². The van der Waals surface area contributed by atoms with Gasteiger partial charge < -0.3 is 9.47 Å². The summed E-state index contributed by atoms with van der Waals surface area (Å²) < 4.78 is 10.9. The molecule has 8 heteroatoms. The minimum Gasteiger partial charge on any atom is -0.383 e. The minimum absolute atomic E-state index is 0.0511. The fourth-order valence-electron chi connectivity index (χ4n) is 6.02. The molecule has 2 fully saturated rings. The molecule has 2 rings (SSSR count). The van der Waals surface area contributed by atoms with Crippen LogP contribution in [0.1, 0.15) is 84.5 Å². The van der Waals surface area contributed by atoms with Crippen molar-refractivity contribution in [1.82, 2.24) is 20.0 Å². The minimum atomic E-state index is 0.0511. The van der Waals surface area contributed by atoms with Crippen molar-refractivity contribution < 1.29 is 19.1 Å². The number of hydrazine groups is 2. The lowest BCUT2D eigenvalue weighted by Gasteiger charge is -2.42. The average molecular weight is 521 g/mol. The van der Waals surface area contributed by atoms with Gasteiger partial charge in [0.05, 0.1) is 37.4 Å². The summed E-state index contributed by atoms with van der Waals surface area (Å²) in [7, 11) is 3.45. The van der Waals surface area contributed by atoms with Crippen LogP contribution < -0.4 is 0 Å². The molecule has 8 nitrogen and oxygen atoms in total. The molecule has 2 amide bonds. The predicted octanol–water partition coefficient (Wildman–Crippen LogP) is 4.57. The van der Waals surface area contributed by atoms with E-state index in [0.29, 0.717) is 26.1 Å². The van der Waals surface area contributed by atoms with Crippen LogP contribution in [0.5, 0.6) is 0 Å². The number of amides is 2. The quantitative estimate of drug-likeness (QED) is 0.247. The summed E-state index contributed by atoms with van der Waals surface area (Å²) in [5, 5.41) is 8.53. The van der Waals surface area contributed by atoms with Crippen molar-refractivity contribution in [3.8, 4) is 0 Å². The summed E-state index contributed by atoms with van der Waals surface area (Å²) >= 11 is 0. The van der Waals surface area contributed by atoms with E-state index in [1.807, 2.05) is 36.0 Å². The van der Waals surface area contributed by atoms with Crippen LogP contribution in [0.4, 0.5) is 0 Å². The first kappa shape index (κ1) is 31.5. The van der Waals surface area contributed by atoms with Crippen molar-refractivity contribution in [3.05, 3.63) is 25.3 Å². The molecule has 0 aliphatic carbocycles. The smallest absolute Gasteiger partial charge is 0.236 e. The van der Waals surface area contributed by atoms with E-state index in [1.54, 1.807) is 14.2 Å². The number of carbonyl (C=O) groups excluding carboxylic acids is 2. The zero-order valence-electron chi connectivity index (χ0n) is 23.9. The molecule has 0 unspecified atom stereocenters. The molecule has 2 aliphatic heterocycles. The number of ether oxygens (including phenoxy) is 2. The van der Waals surface area contributed by atoms with Crippen molar-refractivity contribution in [1.29, 1.82) is 0 Å². The topological polar surface area (TPSA) is 65.6 Å². The first-order valence-corrected chi connectivity index (χ1v) is 14.3. The average Bonchev–Trinajstić information content (AvgIpc) is 3.54. The van der Waals surface area contributed by atoms with Gasteiger partial charge in [-0.1, -0.05) is 26.0 Å². The van der Waals surface area contributed by atoms with Gasteiger partial charge in [0.1, 0.15) is 0 Å². The van der Waals surface area contributed by atoms with Crippen LogP contribution in [0, 0.1) is 0 Å². The third-order valence-electron chi connectivity index (χ3n) is 7.72. The normalized spacial score (nSPS) is 22.1. The van der Waals surface area contributed by atoms with Crippen LogP contribution in [0.25, 0.3) is 0 Å². The van der Waals surface area contributed by atoms with Gasteiger partial charge >= 0.3 is 0 Å². The monoisotopic (exact) mass is 520 g/mol. The molecule has 2 heterocycles. The second kappa shape index (κ2) is 17.0. The Morgan fingerprint density at radius 2 is 1.24 bits per heavy atom. The second-order valence-electron chi connectivity index (χ2n) is 10.3. The molecule has 37 heavy (non-hydrogen) atoms. The number of methoxy groups -OCH3 is 2. The third-order valence-corrected chi connectivity index (χ3v) is 7.72. The van der Waals surface area contributed by atoms with E-state index >= 15 is 0 Å². The lowest BCUT2D eigenvalue weighted by Crippen LogP contribution is -2.55. The van der Waals surface area contributed by atoms with Gasteiger partial charge in [-0.15, -0.1) is 13.2 Å². The van der Waals surface area contributed by atoms with E-state index in [0.717, 1.165) is 70.9 Å². The fourth-order valence-corrected chi connectivity index (χ4v) is 6.02. The molecule has 212 valence electrons. The van der Waals surface area contributed by atoms with E-state index < -0.39 is 0 Å². The maximum absolute atomic E-state index is 13.2. The Labute approximate surface area is 225 Å². The number of rotatable bonds is 18. The highest BCUT2D eigenvalue weighted by Gasteiger charge is 2.37. The number of nitrogens with zero attached hydrogens (tertiary/aromatic N) is 4. The van der Waals surface area contributed by atoms with Gasteiger partial charge in [-0.05, 0) is 57.8 Å². The van der Waals surface area contributed by atoms with E-state index in [4.69, 9.17) is 9.47 Å². The van der Waals surface area contributed by atoms with E-state index in [2.05, 4.69) is 23.2 Å². The molecule has 0 aromatic rings. The molecular weight excluding hydrogens is 468 g/mol. The molecule has 2 saturated heterocycles. The molecule has 4 atom stereocenters. The highest BCUT2D eigenvalue weighted by molar-refractivity contribution is 5.76. The third kappa shape index (κ3) is 8.63. The number of carbonyl (C=O) groups is 2. The highest BCUT2D eigenvalue weighted by Crippen LogP contribution is 2.29. The summed E-state index contributed by atoms with van der Waals surface area (Å²) in [5.41, 5.74) is 0. The van der Waals surface area contributed by atoms with Crippen molar-refractivity contribution in [2.75, 3.05) is 40.5 Å². The standard InChI is InChI=1S/C29H52N4O4/c1-7-14-24(32(28(34)9-3)30-20-12-18-26(30)22-36-5)16-11-17-25(15-8-2)33(29(35)10-4)31-21-13-19-27(31)23-37-6/h7-8,24-27H,1-2,9-23H2,3-6H3/t24-,25-,26+,27+/m1/s1. The van der Waals surface area contributed by atoms with Crippen LogP contribution in [0.15, 0.2) is 25.3 Å². The molecule has 0 saturated carbocycles. The van der Waals surface area contributed by atoms with Gasteiger partial charge in [0.2, 0.25) is 11.8 Å². The molecule has 0 aromatic carbocycles. The summed E-state index contributed by atoms with van der Waals surface area (Å²) in [6.07, 6.45) is 13.1. The Morgan fingerprint density at radius 1 is 0.838 bits per heavy atom. The van der Waals surface area contributed by atoms with Gasteiger partial charge in [-0.3, -0.25) is 19.6 Å². The van der Waals surface area contributed by atoms with Gasteiger partial charge in [-0.25, -0.2) is 10.0 Å². The van der Waals surface area contributed by atoms with Crippen LogP contribution in [0.3, 0.4) is 0 Å². The fraction of sp³-hybridized carbons (Fsp3) is 0.793. The molecule has 0 N–H and O–H groups in total. The molecule has 2 aliphatic rings. The van der Waals surface area contributed by atoms with Crippen molar-refractivity contribution in [2.24, 2.45) is 0 Å².